The van der Waals surface area contributed by atoms with Crippen LogP contribution in [-0.2, 0) is 6.42 Å². The second kappa shape index (κ2) is 8.30. The number of thiazole rings is 1. The number of nitrogens with zero attached hydrogens (tertiary/aromatic N) is 2. The molecule has 3 nitrogen and oxygen atoms in total. The molecule has 1 aromatic heterocycles. The quantitative estimate of drug-likeness (QED) is 0.437. The number of hydrogen-bond acceptors (Lipinski definition) is 3. The van der Waals surface area contributed by atoms with Gasteiger partial charge in [-0.25, -0.2) is 4.99 Å². The maximum Gasteiger partial charge on any atom is 0.271 e. The fourth-order valence-electron chi connectivity index (χ4n) is 4.78. The molecule has 33 heavy (non-hydrogen) atoms. The van der Waals surface area contributed by atoms with Crippen LogP contribution < -0.4 is 14.9 Å². The summed E-state index contributed by atoms with van der Waals surface area (Å²) in [4.78, 5) is 19.4. The first kappa shape index (κ1) is 19.9. The number of hydrogen-bond donors (Lipinski definition) is 0. The zero-order chi connectivity index (χ0) is 22.2. The minimum atomic E-state index is -0.119. The van der Waals surface area contributed by atoms with E-state index in [1.54, 1.807) is 0 Å². The number of fused-ring (bicyclic) bond motifs is 3. The zero-order valence-corrected chi connectivity index (χ0v) is 18.8. The van der Waals surface area contributed by atoms with Gasteiger partial charge in [-0.2, -0.15) is 0 Å². The van der Waals surface area contributed by atoms with E-state index in [0.29, 0.717) is 4.53 Å². The standard InChI is InChI=1S/C29H22N2OS/c32-28-25(17-9-12-20-10-3-1-4-11-20)33-29-30-26-23-16-8-7-13-21(23)18-19-24(26)27(31(28)29)22-14-5-2-6-15-22/h1-17,27H,18-19H2/b12-9+,25-17-/t27-/m1/s1. The van der Waals surface area contributed by atoms with Gasteiger partial charge in [0.2, 0.25) is 0 Å². The smallest absolute Gasteiger partial charge is 0.271 e. The molecule has 0 saturated heterocycles. The summed E-state index contributed by atoms with van der Waals surface area (Å²) in [5.41, 5.74) is 7.06. The molecular formula is C29H22N2OS. The van der Waals surface area contributed by atoms with Crippen LogP contribution in [0.5, 0.6) is 0 Å². The Kier molecular flexibility index (Phi) is 5.00. The molecule has 4 aromatic rings. The molecule has 0 N–H and O–H groups in total. The van der Waals surface area contributed by atoms with Crippen molar-refractivity contribution in [2.24, 2.45) is 4.99 Å². The molecule has 2 heterocycles. The molecule has 1 aliphatic carbocycles. The van der Waals surface area contributed by atoms with Gasteiger partial charge in [-0.15, -0.1) is 0 Å². The number of rotatable bonds is 3. The predicted molar refractivity (Wildman–Crippen MR) is 136 cm³/mol. The van der Waals surface area contributed by atoms with Crippen molar-refractivity contribution in [3.05, 3.63) is 139 Å². The van der Waals surface area contributed by atoms with Crippen LogP contribution >= 0.6 is 11.3 Å². The highest BCUT2D eigenvalue weighted by molar-refractivity contribution is 7.07. The lowest BCUT2D eigenvalue weighted by atomic mass is 9.83. The van der Waals surface area contributed by atoms with Crippen molar-refractivity contribution in [1.82, 2.24) is 4.57 Å². The minimum absolute atomic E-state index is 0.0238. The van der Waals surface area contributed by atoms with E-state index in [2.05, 4.69) is 36.4 Å². The maximum absolute atomic E-state index is 13.6. The van der Waals surface area contributed by atoms with E-state index in [1.165, 1.54) is 28.0 Å². The van der Waals surface area contributed by atoms with Crippen molar-refractivity contribution in [1.29, 1.82) is 0 Å². The van der Waals surface area contributed by atoms with Crippen molar-refractivity contribution in [3.63, 3.8) is 0 Å². The number of aromatic nitrogens is 1. The Labute approximate surface area is 196 Å². The van der Waals surface area contributed by atoms with E-state index in [4.69, 9.17) is 4.99 Å². The Bertz CT molecular complexity index is 1570. The Morgan fingerprint density at radius 3 is 2.42 bits per heavy atom. The van der Waals surface area contributed by atoms with Gasteiger partial charge in [-0.3, -0.25) is 9.36 Å². The highest BCUT2D eigenvalue weighted by atomic mass is 32.1. The number of benzene rings is 3. The van der Waals surface area contributed by atoms with Gasteiger partial charge in [-0.1, -0.05) is 108 Å². The van der Waals surface area contributed by atoms with E-state index < -0.39 is 0 Å². The average molecular weight is 447 g/mol. The van der Waals surface area contributed by atoms with Crippen LogP contribution in [0.2, 0.25) is 0 Å². The third kappa shape index (κ3) is 3.53. The first-order valence-corrected chi connectivity index (χ1v) is 12.0. The van der Waals surface area contributed by atoms with Gasteiger partial charge in [0.1, 0.15) is 0 Å². The second-order valence-electron chi connectivity index (χ2n) is 8.32. The topological polar surface area (TPSA) is 34.4 Å². The Morgan fingerprint density at radius 2 is 1.61 bits per heavy atom. The van der Waals surface area contributed by atoms with E-state index in [0.717, 1.165) is 34.5 Å². The summed E-state index contributed by atoms with van der Waals surface area (Å²) in [6, 6.07) is 28.9. The molecule has 2 aliphatic rings. The summed E-state index contributed by atoms with van der Waals surface area (Å²) in [6.07, 6.45) is 7.77. The van der Waals surface area contributed by atoms with Crippen LogP contribution in [-0.4, -0.2) is 4.57 Å². The predicted octanol–water partition coefficient (Wildman–Crippen LogP) is 4.98. The van der Waals surface area contributed by atoms with E-state index in [-0.39, 0.29) is 11.6 Å². The van der Waals surface area contributed by atoms with Gasteiger partial charge >= 0.3 is 0 Å². The van der Waals surface area contributed by atoms with Crippen molar-refractivity contribution in [2.45, 2.75) is 18.9 Å². The lowest BCUT2D eigenvalue weighted by Crippen LogP contribution is -2.38. The summed E-state index contributed by atoms with van der Waals surface area (Å²) in [5.74, 6) is 0. The lowest BCUT2D eigenvalue weighted by molar-refractivity contribution is 0.585. The molecule has 160 valence electrons. The van der Waals surface area contributed by atoms with Gasteiger partial charge in [0.15, 0.2) is 4.80 Å². The van der Waals surface area contributed by atoms with Crippen LogP contribution in [0.4, 0.5) is 0 Å². The highest BCUT2D eigenvalue weighted by Crippen LogP contribution is 2.41. The van der Waals surface area contributed by atoms with Crippen LogP contribution in [0.25, 0.3) is 17.8 Å². The first-order chi connectivity index (χ1) is 16.3. The first-order valence-electron chi connectivity index (χ1n) is 11.2. The zero-order valence-electron chi connectivity index (χ0n) is 18.0. The maximum atomic E-state index is 13.6. The second-order valence-corrected chi connectivity index (χ2v) is 9.33. The van der Waals surface area contributed by atoms with E-state index in [9.17, 15) is 4.79 Å². The molecule has 0 amide bonds. The van der Waals surface area contributed by atoms with E-state index in [1.807, 2.05) is 71.3 Å². The van der Waals surface area contributed by atoms with Gasteiger partial charge in [0, 0.05) is 5.56 Å². The molecule has 1 atom stereocenters. The van der Waals surface area contributed by atoms with E-state index >= 15 is 0 Å². The molecule has 0 spiro atoms. The molecule has 0 bridgehead atoms. The molecule has 6 rings (SSSR count). The Balaban J connectivity index is 1.54. The average Bonchev–Trinajstić information content (AvgIpc) is 3.18. The number of aryl methyl sites for hydroxylation is 1. The molecule has 0 saturated carbocycles. The third-order valence-electron chi connectivity index (χ3n) is 6.32. The van der Waals surface area contributed by atoms with Gasteiger partial charge in [-0.05, 0) is 41.2 Å². The fraction of sp³-hybridized carbons (Fsp3) is 0.103. The summed E-state index contributed by atoms with van der Waals surface area (Å²) in [5, 5.41) is 0. The molecule has 4 heteroatoms. The normalized spacial score (nSPS) is 17.5. The van der Waals surface area contributed by atoms with Gasteiger partial charge in [0.05, 0.1) is 16.3 Å². The van der Waals surface area contributed by atoms with Crippen LogP contribution in [0.1, 0.15) is 34.7 Å². The molecule has 0 radical (unpaired) electrons. The molecular weight excluding hydrogens is 424 g/mol. The summed E-state index contributed by atoms with van der Waals surface area (Å²) < 4.78 is 2.60. The molecule has 3 aromatic carbocycles. The summed E-state index contributed by atoms with van der Waals surface area (Å²) in [6.45, 7) is 0. The monoisotopic (exact) mass is 446 g/mol. The lowest BCUT2D eigenvalue weighted by Gasteiger charge is -2.30. The van der Waals surface area contributed by atoms with Crippen LogP contribution in [0, 0.1) is 0 Å². The SMILES string of the molecule is O=c1/c(=C/C=C/c2ccccc2)sc2n1[C@H](c1ccccc1)C1=C(N=2)c2ccccc2CC1. The molecule has 0 unspecified atom stereocenters. The van der Waals surface area contributed by atoms with Crippen molar-refractivity contribution in [2.75, 3.05) is 0 Å². The molecule has 1 aliphatic heterocycles. The Hall–Kier alpha value is -3.76. The summed E-state index contributed by atoms with van der Waals surface area (Å²) >= 11 is 1.47. The van der Waals surface area contributed by atoms with Crippen LogP contribution in [0.3, 0.4) is 0 Å². The van der Waals surface area contributed by atoms with Crippen molar-refractivity contribution in [3.8, 4) is 0 Å². The Morgan fingerprint density at radius 1 is 0.879 bits per heavy atom. The minimum Gasteiger partial charge on any atom is -0.272 e. The highest BCUT2D eigenvalue weighted by Gasteiger charge is 2.32. The van der Waals surface area contributed by atoms with Crippen molar-refractivity contribution < 1.29 is 0 Å². The largest absolute Gasteiger partial charge is 0.272 e. The van der Waals surface area contributed by atoms with Crippen LogP contribution in [0.15, 0.2) is 106 Å². The van der Waals surface area contributed by atoms with Crippen molar-refractivity contribution >= 4 is 29.2 Å². The number of allylic oxidation sites excluding steroid dienone is 2. The van der Waals surface area contributed by atoms with Gasteiger partial charge in [0.25, 0.3) is 5.56 Å². The fourth-order valence-corrected chi connectivity index (χ4v) is 5.74. The molecule has 0 fully saturated rings. The van der Waals surface area contributed by atoms with Gasteiger partial charge < -0.3 is 0 Å². The summed E-state index contributed by atoms with van der Waals surface area (Å²) in [7, 11) is 0. The third-order valence-corrected chi connectivity index (χ3v) is 7.33.